The summed E-state index contributed by atoms with van der Waals surface area (Å²) in [4.78, 5) is 0. The van der Waals surface area contributed by atoms with Crippen LogP contribution in [0.2, 0.25) is 0 Å². The first-order chi connectivity index (χ1) is 7.81. The Bertz CT molecular complexity index is 373. The quantitative estimate of drug-likeness (QED) is 0.508. The zero-order valence-corrected chi connectivity index (χ0v) is 10.8. The Labute approximate surface area is 104 Å². The molecule has 0 saturated carbocycles. The van der Waals surface area contributed by atoms with E-state index < -0.39 is 0 Å². The van der Waals surface area contributed by atoms with E-state index in [1.54, 1.807) is 0 Å². The van der Waals surface area contributed by atoms with Crippen molar-refractivity contribution in [2.24, 2.45) is 5.84 Å². The number of nitrogens with two attached hydrogens (primary N) is 1. The standard InChI is InChI=1S/C12H17BrN2O/c13-11-8-7-10(16-11)12(15-14)9-5-3-1-2-4-6-9/h5,7-8,12,15H,1-4,6,14H2. The van der Waals surface area contributed by atoms with Gasteiger partial charge in [-0.1, -0.05) is 12.5 Å². The Morgan fingerprint density at radius 2 is 2.19 bits per heavy atom. The maximum Gasteiger partial charge on any atom is 0.169 e. The lowest BCUT2D eigenvalue weighted by molar-refractivity contribution is 0.428. The largest absolute Gasteiger partial charge is 0.452 e. The summed E-state index contributed by atoms with van der Waals surface area (Å²) in [6, 6.07) is 3.88. The molecule has 0 bridgehead atoms. The van der Waals surface area contributed by atoms with Crippen molar-refractivity contribution in [3.8, 4) is 0 Å². The molecule has 2 rings (SSSR count). The third-order valence-corrected chi connectivity index (χ3v) is 3.42. The first kappa shape index (κ1) is 11.9. The van der Waals surface area contributed by atoms with Gasteiger partial charge in [0.05, 0.1) is 6.04 Å². The first-order valence-corrected chi connectivity index (χ1v) is 6.51. The molecule has 0 aromatic carbocycles. The van der Waals surface area contributed by atoms with E-state index in [1.165, 1.54) is 24.8 Å². The highest BCUT2D eigenvalue weighted by atomic mass is 79.9. The van der Waals surface area contributed by atoms with E-state index in [-0.39, 0.29) is 6.04 Å². The number of hydrogen-bond acceptors (Lipinski definition) is 3. The van der Waals surface area contributed by atoms with E-state index in [1.807, 2.05) is 12.1 Å². The molecule has 4 heteroatoms. The van der Waals surface area contributed by atoms with Crippen LogP contribution in [0.15, 0.2) is 32.9 Å². The number of hydrogen-bond donors (Lipinski definition) is 2. The van der Waals surface area contributed by atoms with Crippen molar-refractivity contribution < 1.29 is 4.42 Å². The third-order valence-electron chi connectivity index (χ3n) is 2.99. The van der Waals surface area contributed by atoms with Crippen molar-refractivity contribution in [1.82, 2.24) is 5.43 Å². The lowest BCUT2D eigenvalue weighted by Crippen LogP contribution is -2.29. The maximum absolute atomic E-state index is 5.63. The molecule has 1 atom stereocenters. The Morgan fingerprint density at radius 1 is 1.31 bits per heavy atom. The second kappa shape index (κ2) is 5.66. The topological polar surface area (TPSA) is 51.2 Å². The molecule has 88 valence electrons. The van der Waals surface area contributed by atoms with Crippen LogP contribution in [0.4, 0.5) is 0 Å². The summed E-state index contributed by atoms with van der Waals surface area (Å²) in [7, 11) is 0. The summed E-state index contributed by atoms with van der Waals surface area (Å²) >= 11 is 3.31. The summed E-state index contributed by atoms with van der Waals surface area (Å²) in [5, 5.41) is 0. The summed E-state index contributed by atoms with van der Waals surface area (Å²) in [6.07, 6.45) is 8.38. The van der Waals surface area contributed by atoms with Gasteiger partial charge < -0.3 is 4.42 Å². The van der Waals surface area contributed by atoms with Gasteiger partial charge in [0.15, 0.2) is 4.67 Å². The zero-order valence-electron chi connectivity index (χ0n) is 9.21. The normalized spacial score (nSPS) is 19.0. The van der Waals surface area contributed by atoms with E-state index in [9.17, 15) is 0 Å². The Hall–Kier alpha value is -0.580. The van der Waals surface area contributed by atoms with Crippen LogP contribution in [0.25, 0.3) is 0 Å². The fourth-order valence-electron chi connectivity index (χ4n) is 2.16. The van der Waals surface area contributed by atoms with Gasteiger partial charge in [0, 0.05) is 0 Å². The van der Waals surface area contributed by atoms with Crippen molar-refractivity contribution in [3.63, 3.8) is 0 Å². The predicted molar refractivity (Wildman–Crippen MR) is 67.6 cm³/mol. The van der Waals surface area contributed by atoms with E-state index in [2.05, 4.69) is 27.4 Å². The Kier molecular flexibility index (Phi) is 4.21. The van der Waals surface area contributed by atoms with Gasteiger partial charge in [-0.25, -0.2) is 5.43 Å². The van der Waals surface area contributed by atoms with Crippen molar-refractivity contribution in [3.05, 3.63) is 34.2 Å². The molecular weight excluding hydrogens is 268 g/mol. The molecule has 1 aromatic rings. The molecular formula is C12H17BrN2O. The van der Waals surface area contributed by atoms with Gasteiger partial charge in [0.25, 0.3) is 0 Å². The molecule has 1 heterocycles. The number of nitrogens with one attached hydrogen (secondary N) is 1. The minimum atomic E-state index is 0.0180. The number of rotatable bonds is 3. The molecule has 3 nitrogen and oxygen atoms in total. The van der Waals surface area contributed by atoms with Crippen LogP contribution in [-0.2, 0) is 0 Å². The van der Waals surface area contributed by atoms with Crippen LogP contribution in [0, 0.1) is 0 Å². The lowest BCUT2D eigenvalue weighted by atomic mass is 10.0. The smallest absolute Gasteiger partial charge is 0.169 e. The van der Waals surface area contributed by atoms with E-state index in [0.29, 0.717) is 0 Å². The van der Waals surface area contributed by atoms with Crippen LogP contribution in [0.5, 0.6) is 0 Å². The third kappa shape index (κ3) is 2.75. The van der Waals surface area contributed by atoms with Gasteiger partial charge in [0.2, 0.25) is 0 Å². The first-order valence-electron chi connectivity index (χ1n) is 5.71. The molecule has 1 aromatic heterocycles. The van der Waals surface area contributed by atoms with E-state index in [0.717, 1.165) is 23.3 Å². The molecule has 1 aliphatic carbocycles. The van der Waals surface area contributed by atoms with E-state index in [4.69, 9.17) is 10.3 Å². The molecule has 0 spiro atoms. The van der Waals surface area contributed by atoms with Gasteiger partial charge in [-0.2, -0.15) is 0 Å². The maximum atomic E-state index is 5.63. The molecule has 16 heavy (non-hydrogen) atoms. The highest BCUT2D eigenvalue weighted by Gasteiger charge is 2.19. The van der Waals surface area contributed by atoms with Crippen LogP contribution < -0.4 is 11.3 Å². The molecule has 0 saturated heterocycles. The molecule has 0 fully saturated rings. The molecule has 0 aliphatic heterocycles. The average molecular weight is 285 g/mol. The van der Waals surface area contributed by atoms with Crippen LogP contribution in [0.1, 0.15) is 43.9 Å². The zero-order chi connectivity index (χ0) is 11.4. The van der Waals surface area contributed by atoms with Gasteiger partial charge in [-0.3, -0.25) is 5.84 Å². The summed E-state index contributed by atoms with van der Waals surface area (Å²) < 4.78 is 6.31. The fraction of sp³-hybridized carbons (Fsp3) is 0.500. The summed E-state index contributed by atoms with van der Waals surface area (Å²) in [5.74, 6) is 6.51. The summed E-state index contributed by atoms with van der Waals surface area (Å²) in [6.45, 7) is 0. The second-order valence-electron chi connectivity index (χ2n) is 4.12. The monoisotopic (exact) mass is 284 g/mol. The number of allylic oxidation sites excluding steroid dienone is 1. The van der Waals surface area contributed by atoms with Crippen LogP contribution in [0.3, 0.4) is 0 Å². The van der Waals surface area contributed by atoms with Gasteiger partial charge in [0.1, 0.15) is 5.76 Å². The molecule has 1 unspecified atom stereocenters. The van der Waals surface area contributed by atoms with Crippen molar-refractivity contribution in [2.75, 3.05) is 0 Å². The SMILES string of the molecule is NNC(C1=CCCCCC1)c1ccc(Br)o1. The van der Waals surface area contributed by atoms with Gasteiger partial charge in [-0.15, -0.1) is 0 Å². The molecule has 0 amide bonds. The number of halogens is 1. The predicted octanol–water partition coefficient (Wildman–Crippen LogP) is 3.44. The fourth-order valence-corrected chi connectivity index (χ4v) is 2.48. The van der Waals surface area contributed by atoms with Crippen LogP contribution in [-0.4, -0.2) is 0 Å². The highest BCUT2D eigenvalue weighted by molar-refractivity contribution is 9.10. The minimum Gasteiger partial charge on any atom is -0.452 e. The number of hydrazine groups is 1. The van der Waals surface area contributed by atoms with Gasteiger partial charge in [-0.05, 0) is 59.3 Å². The second-order valence-corrected chi connectivity index (χ2v) is 4.90. The van der Waals surface area contributed by atoms with Gasteiger partial charge >= 0.3 is 0 Å². The van der Waals surface area contributed by atoms with Crippen molar-refractivity contribution in [1.29, 1.82) is 0 Å². The molecule has 1 aliphatic rings. The number of furan rings is 1. The Morgan fingerprint density at radius 3 is 2.88 bits per heavy atom. The average Bonchev–Trinajstić information content (AvgIpc) is 2.55. The van der Waals surface area contributed by atoms with Crippen LogP contribution >= 0.6 is 15.9 Å². The molecule has 0 radical (unpaired) electrons. The Balaban J connectivity index is 2.18. The van der Waals surface area contributed by atoms with Crippen molar-refractivity contribution in [2.45, 2.75) is 38.1 Å². The minimum absolute atomic E-state index is 0.0180. The summed E-state index contributed by atoms with van der Waals surface area (Å²) in [5.41, 5.74) is 4.20. The highest BCUT2D eigenvalue weighted by Crippen LogP contribution is 2.30. The van der Waals surface area contributed by atoms with Crippen molar-refractivity contribution >= 4 is 15.9 Å². The molecule has 3 N–H and O–H groups in total. The van der Waals surface area contributed by atoms with E-state index >= 15 is 0 Å². The lowest BCUT2D eigenvalue weighted by Gasteiger charge is -2.16.